The van der Waals surface area contributed by atoms with Crippen LogP contribution in [0.25, 0.3) is 0 Å². The summed E-state index contributed by atoms with van der Waals surface area (Å²) in [5, 5.41) is 0. The van der Waals surface area contributed by atoms with Crippen molar-refractivity contribution in [2.75, 3.05) is 13.1 Å². The molecule has 1 fully saturated rings. The molecule has 0 N–H and O–H groups in total. The maximum Gasteiger partial charge on any atom is 0.0234 e. The molecule has 1 heterocycles. The van der Waals surface area contributed by atoms with E-state index in [2.05, 4.69) is 35.7 Å². The zero-order chi connectivity index (χ0) is 10.5. The van der Waals surface area contributed by atoms with Gasteiger partial charge in [-0.15, -0.1) is 12.6 Å². The summed E-state index contributed by atoms with van der Waals surface area (Å²) in [6, 6.07) is 8.50. The first-order chi connectivity index (χ1) is 7.34. The van der Waals surface area contributed by atoms with Crippen LogP contribution in [0.2, 0.25) is 0 Å². The number of thiol groups is 1. The Morgan fingerprint density at radius 2 is 1.80 bits per heavy atom. The predicted molar refractivity (Wildman–Crippen MR) is 67.4 cm³/mol. The van der Waals surface area contributed by atoms with Crippen LogP contribution in [0.15, 0.2) is 29.2 Å². The van der Waals surface area contributed by atoms with E-state index in [1.165, 1.54) is 44.3 Å². The first-order valence-corrected chi connectivity index (χ1v) is 6.29. The molecule has 0 unspecified atom stereocenters. The average Bonchev–Trinajstić information content (AvgIpc) is 2.46. The van der Waals surface area contributed by atoms with Gasteiger partial charge in [0, 0.05) is 11.4 Å². The molecule has 0 bridgehead atoms. The number of rotatable bonds is 2. The molecule has 0 aromatic heterocycles. The van der Waals surface area contributed by atoms with E-state index >= 15 is 0 Å². The molecule has 15 heavy (non-hydrogen) atoms. The van der Waals surface area contributed by atoms with Gasteiger partial charge in [0.15, 0.2) is 0 Å². The van der Waals surface area contributed by atoms with Crippen molar-refractivity contribution in [1.29, 1.82) is 0 Å². The summed E-state index contributed by atoms with van der Waals surface area (Å²) in [5.74, 6) is 0. The Balaban J connectivity index is 1.95. The first kappa shape index (κ1) is 11.0. The topological polar surface area (TPSA) is 3.24 Å². The Labute approximate surface area is 97.9 Å². The van der Waals surface area contributed by atoms with Crippen LogP contribution < -0.4 is 0 Å². The lowest BCUT2D eigenvalue weighted by molar-refractivity contribution is 0.277. The second kappa shape index (κ2) is 5.57. The van der Waals surface area contributed by atoms with Gasteiger partial charge >= 0.3 is 0 Å². The molecule has 0 atom stereocenters. The van der Waals surface area contributed by atoms with E-state index in [0.717, 1.165) is 11.4 Å². The maximum absolute atomic E-state index is 4.37. The summed E-state index contributed by atoms with van der Waals surface area (Å²) in [7, 11) is 0. The minimum Gasteiger partial charge on any atom is -0.299 e. The van der Waals surface area contributed by atoms with E-state index in [-0.39, 0.29) is 0 Å². The Kier molecular flexibility index (Phi) is 4.09. The lowest BCUT2D eigenvalue weighted by Gasteiger charge is -2.19. The summed E-state index contributed by atoms with van der Waals surface area (Å²) in [6.07, 6.45) is 5.54. The molecule has 1 saturated heterocycles. The molecule has 0 spiro atoms. The highest BCUT2D eigenvalue weighted by Gasteiger charge is 2.08. The standard InChI is InChI=1S/C13H19NS/c15-13-7-5-6-12(10-13)11-14-8-3-1-2-4-9-14/h5-7,10,15H,1-4,8-9,11H2. The SMILES string of the molecule is Sc1cccc(CN2CCCCCC2)c1. The predicted octanol–water partition coefficient (Wildman–Crippen LogP) is 3.35. The summed E-state index contributed by atoms with van der Waals surface area (Å²) < 4.78 is 0. The second-order valence-corrected chi connectivity index (χ2v) is 4.88. The van der Waals surface area contributed by atoms with Crippen molar-refractivity contribution in [1.82, 2.24) is 4.90 Å². The minimum atomic E-state index is 1.07. The molecule has 82 valence electrons. The monoisotopic (exact) mass is 221 g/mol. The van der Waals surface area contributed by atoms with Crippen molar-refractivity contribution >= 4 is 12.6 Å². The number of benzene rings is 1. The van der Waals surface area contributed by atoms with E-state index < -0.39 is 0 Å². The van der Waals surface area contributed by atoms with Crippen LogP contribution in [-0.4, -0.2) is 18.0 Å². The van der Waals surface area contributed by atoms with Gasteiger partial charge in [-0.1, -0.05) is 25.0 Å². The second-order valence-electron chi connectivity index (χ2n) is 4.36. The molecular weight excluding hydrogens is 202 g/mol. The van der Waals surface area contributed by atoms with E-state index in [0.29, 0.717) is 0 Å². The molecule has 1 aliphatic rings. The Bertz CT molecular complexity index is 303. The Morgan fingerprint density at radius 1 is 1.07 bits per heavy atom. The largest absolute Gasteiger partial charge is 0.299 e. The van der Waals surface area contributed by atoms with Crippen LogP contribution in [0, 0.1) is 0 Å². The van der Waals surface area contributed by atoms with E-state index in [1.54, 1.807) is 0 Å². The number of likely N-dealkylation sites (tertiary alicyclic amines) is 1. The van der Waals surface area contributed by atoms with Gasteiger partial charge in [0.05, 0.1) is 0 Å². The highest BCUT2D eigenvalue weighted by Crippen LogP contribution is 2.15. The zero-order valence-corrected chi connectivity index (χ0v) is 10.0. The van der Waals surface area contributed by atoms with Gasteiger partial charge in [-0.25, -0.2) is 0 Å². The third-order valence-corrected chi connectivity index (χ3v) is 3.29. The van der Waals surface area contributed by atoms with Crippen molar-refractivity contribution < 1.29 is 0 Å². The Morgan fingerprint density at radius 3 is 2.47 bits per heavy atom. The van der Waals surface area contributed by atoms with Crippen LogP contribution in [0.4, 0.5) is 0 Å². The minimum absolute atomic E-state index is 1.07. The van der Waals surface area contributed by atoms with Crippen molar-refractivity contribution in [3.05, 3.63) is 29.8 Å². The van der Waals surface area contributed by atoms with Crippen LogP contribution in [-0.2, 0) is 6.54 Å². The lowest BCUT2D eigenvalue weighted by atomic mass is 10.2. The van der Waals surface area contributed by atoms with Crippen LogP contribution >= 0.6 is 12.6 Å². The van der Waals surface area contributed by atoms with Gasteiger partial charge in [-0.3, -0.25) is 4.90 Å². The lowest BCUT2D eigenvalue weighted by Crippen LogP contribution is -2.23. The van der Waals surface area contributed by atoms with Gasteiger partial charge in [0.1, 0.15) is 0 Å². The highest BCUT2D eigenvalue weighted by molar-refractivity contribution is 7.80. The van der Waals surface area contributed by atoms with Crippen molar-refractivity contribution in [3.63, 3.8) is 0 Å². The van der Waals surface area contributed by atoms with Crippen LogP contribution in [0.5, 0.6) is 0 Å². The molecule has 1 aromatic carbocycles. The molecule has 0 amide bonds. The van der Waals surface area contributed by atoms with Crippen LogP contribution in [0.3, 0.4) is 0 Å². The molecule has 0 radical (unpaired) electrons. The molecule has 1 nitrogen and oxygen atoms in total. The van der Waals surface area contributed by atoms with Crippen molar-refractivity contribution in [3.8, 4) is 0 Å². The smallest absolute Gasteiger partial charge is 0.0234 e. The molecule has 2 rings (SSSR count). The van der Waals surface area contributed by atoms with Crippen LogP contribution in [0.1, 0.15) is 31.2 Å². The number of hydrogen-bond acceptors (Lipinski definition) is 2. The van der Waals surface area contributed by atoms with E-state index in [4.69, 9.17) is 0 Å². The summed E-state index contributed by atoms with van der Waals surface area (Å²) in [4.78, 5) is 3.64. The highest BCUT2D eigenvalue weighted by atomic mass is 32.1. The van der Waals surface area contributed by atoms with Gasteiger partial charge in [-0.2, -0.15) is 0 Å². The van der Waals surface area contributed by atoms with E-state index in [9.17, 15) is 0 Å². The van der Waals surface area contributed by atoms with Gasteiger partial charge in [-0.05, 0) is 43.6 Å². The van der Waals surface area contributed by atoms with E-state index in [1.807, 2.05) is 6.07 Å². The average molecular weight is 221 g/mol. The molecular formula is C13H19NS. The molecule has 2 heteroatoms. The molecule has 0 aliphatic carbocycles. The van der Waals surface area contributed by atoms with Gasteiger partial charge in [0.2, 0.25) is 0 Å². The van der Waals surface area contributed by atoms with Crippen molar-refractivity contribution in [2.24, 2.45) is 0 Å². The van der Waals surface area contributed by atoms with Gasteiger partial charge in [0.25, 0.3) is 0 Å². The summed E-state index contributed by atoms with van der Waals surface area (Å²) >= 11 is 4.37. The number of hydrogen-bond donors (Lipinski definition) is 1. The third-order valence-electron chi connectivity index (χ3n) is 3.02. The first-order valence-electron chi connectivity index (χ1n) is 5.85. The fraction of sp³-hybridized carbons (Fsp3) is 0.538. The number of nitrogens with zero attached hydrogens (tertiary/aromatic N) is 1. The maximum atomic E-state index is 4.37. The molecule has 0 saturated carbocycles. The molecule has 1 aliphatic heterocycles. The summed E-state index contributed by atoms with van der Waals surface area (Å²) in [6.45, 7) is 3.61. The van der Waals surface area contributed by atoms with Gasteiger partial charge < -0.3 is 0 Å². The Hall–Kier alpha value is -0.470. The molecule has 1 aromatic rings. The fourth-order valence-corrected chi connectivity index (χ4v) is 2.46. The third kappa shape index (κ3) is 3.54. The fourth-order valence-electron chi connectivity index (χ4n) is 2.21. The summed E-state index contributed by atoms with van der Waals surface area (Å²) in [5.41, 5.74) is 1.39. The quantitative estimate of drug-likeness (QED) is 0.750. The van der Waals surface area contributed by atoms with Crippen molar-refractivity contribution in [2.45, 2.75) is 37.1 Å². The zero-order valence-electron chi connectivity index (χ0n) is 9.15. The normalized spacial score (nSPS) is 18.7.